The summed E-state index contributed by atoms with van der Waals surface area (Å²) in [6, 6.07) is 7.81. The van der Waals surface area contributed by atoms with Gasteiger partial charge >= 0.3 is 0 Å². The number of nitrogens with two attached hydrogens (primary N) is 1. The predicted molar refractivity (Wildman–Crippen MR) is 85.4 cm³/mol. The van der Waals surface area contributed by atoms with Crippen LogP contribution in [0, 0.1) is 6.92 Å². The van der Waals surface area contributed by atoms with Gasteiger partial charge < -0.3 is 15.8 Å². The van der Waals surface area contributed by atoms with E-state index in [0.29, 0.717) is 19.0 Å². The molecule has 22 heavy (non-hydrogen) atoms. The van der Waals surface area contributed by atoms with E-state index in [4.69, 9.17) is 10.5 Å². The number of hydrogen-bond acceptors (Lipinski definition) is 5. The van der Waals surface area contributed by atoms with Gasteiger partial charge in [-0.25, -0.2) is 9.97 Å². The zero-order valence-electron chi connectivity index (χ0n) is 12.8. The normalized spacial score (nSPS) is 10.5. The summed E-state index contributed by atoms with van der Waals surface area (Å²) in [6.45, 7) is 3.11. The Kier molecular flexibility index (Phi) is 5.43. The number of nitrogens with zero attached hydrogens (tertiary/aromatic N) is 2. The molecule has 2 rings (SSSR count). The van der Waals surface area contributed by atoms with Crippen LogP contribution in [0.3, 0.4) is 0 Å². The highest BCUT2D eigenvalue weighted by molar-refractivity contribution is 5.98. The number of rotatable bonds is 6. The first kappa shape index (κ1) is 15.9. The molecule has 0 atom stereocenters. The van der Waals surface area contributed by atoms with E-state index >= 15 is 0 Å². The summed E-state index contributed by atoms with van der Waals surface area (Å²) in [5, 5.41) is 2.76. The standard InChI is InChI=1S/C16H20N4O2/c1-11-5-3-6-12(9-11)15-19-10-13(14(17)20-15)16(21)18-7-4-8-22-2/h3,5-6,9-10H,4,7-8H2,1-2H3,(H,18,21)(H2,17,19,20). The van der Waals surface area contributed by atoms with E-state index in [-0.39, 0.29) is 17.3 Å². The van der Waals surface area contributed by atoms with Crippen LogP contribution in [-0.4, -0.2) is 36.1 Å². The molecule has 116 valence electrons. The molecule has 0 unspecified atom stereocenters. The Morgan fingerprint density at radius 1 is 1.41 bits per heavy atom. The molecule has 0 saturated carbocycles. The summed E-state index contributed by atoms with van der Waals surface area (Å²) >= 11 is 0. The van der Waals surface area contributed by atoms with Crippen molar-refractivity contribution in [3.8, 4) is 11.4 Å². The molecule has 0 bridgehead atoms. The quantitative estimate of drug-likeness (QED) is 0.794. The Morgan fingerprint density at radius 3 is 2.91 bits per heavy atom. The lowest BCUT2D eigenvalue weighted by atomic mass is 10.1. The minimum atomic E-state index is -0.274. The average Bonchev–Trinajstić information content (AvgIpc) is 2.51. The third kappa shape index (κ3) is 4.02. The van der Waals surface area contributed by atoms with Crippen LogP contribution < -0.4 is 11.1 Å². The lowest BCUT2D eigenvalue weighted by Gasteiger charge is -2.08. The molecule has 1 amide bonds. The average molecular weight is 300 g/mol. The number of nitrogen functional groups attached to an aromatic ring is 1. The summed E-state index contributed by atoms with van der Waals surface area (Å²) in [6.07, 6.45) is 2.20. The smallest absolute Gasteiger partial charge is 0.256 e. The molecule has 6 nitrogen and oxygen atoms in total. The van der Waals surface area contributed by atoms with E-state index in [2.05, 4.69) is 15.3 Å². The number of aryl methyl sites for hydroxylation is 1. The van der Waals surface area contributed by atoms with Crippen molar-refractivity contribution in [1.82, 2.24) is 15.3 Å². The first-order chi connectivity index (χ1) is 10.6. The van der Waals surface area contributed by atoms with Crippen molar-refractivity contribution >= 4 is 11.7 Å². The van der Waals surface area contributed by atoms with Gasteiger partial charge in [0.2, 0.25) is 0 Å². The highest BCUT2D eigenvalue weighted by Crippen LogP contribution is 2.18. The Hall–Kier alpha value is -2.47. The molecule has 0 aliphatic carbocycles. The van der Waals surface area contributed by atoms with Crippen LogP contribution in [0.1, 0.15) is 22.3 Å². The maximum Gasteiger partial charge on any atom is 0.256 e. The van der Waals surface area contributed by atoms with Gasteiger partial charge in [-0.2, -0.15) is 0 Å². The molecule has 0 aliphatic heterocycles. The second-order valence-electron chi connectivity index (χ2n) is 4.96. The van der Waals surface area contributed by atoms with Crippen molar-refractivity contribution in [2.24, 2.45) is 0 Å². The number of ether oxygens (including phenoxy) is 1. The monoisotopic (exact) mass is 300 g/mol. The van der Waals surface area contributed by atoms with Gasteiger partial charge in [0.05, 0.1) is 5.56 Å². The van der Waals surface area contributed by atoms with Crippen LogP contribution in [0.4, 0.5) is 5.82 Å². The molecule has 3 N–H and O–H groups in total. The second-order valence-corrected chi connectivity index (χ2v) is 4.96. The van der Waals surface area contributed by atoms with Crippen molar-refractivity contribution in [2.75, 3.05) is 26.0 Å². The largest absolute Gasteiger partial charge is 0.385 e. The fraction of sp³-hybridized carbons (Fsp3) is 0.312. The van der Waals surface area contributed by atoms with Crippen LogP contribution >= 0.6 is 0 Å². The predicted octanol–water partition coefficient (Wildman–Crippen LogP) is 1.80. The van der Waals surface area contributed by atoms with Crippen LogP contribution in [-0.2, 0) is 4.74 Å². The van der Waals surface area contributed by atoms with Gasteiger partial charge in [-0.05, 0) is 19.4 Å². The topological polar surface area (TPSA) is 90.1 Å². The molecule has 2 aromatic rings. The van der Waals surface area contributed by atoms with Gasteiger partial charge in [0.15, 0.2) is 5.82 Å². The summed E-state index contributed by atoms with van der Waals surface area (Å²) in [7, 11) is 1.62. The van der Waals surface area contributed by atoms with Gasteiger partial charge in [0.1, 0.15) is 5.82 Å². The first-order valence-corrected chi connectivity index (χ1v) is 7.08. The van der Waals surface area contributed by atoms with Crippen molar-refractivity contribution in [2.45, 2.75) is 13.3 Å². The Morgan fingerprint density at radius 2 is 2.23 bits per heavy atom. The first-order valence-electron chi connectivity index (χ1n) is 7.08. The van der Waals surface area contributed by atoms with Gasteiger partial charge in [-0.15, -0.1) is 0 Å². The number of carbonyl (C=O) groups excluding carboxylic acids is 1. The van der Waals surface area contributed by atoms with Crippen LogP contribution in [0.25, 0.3) is 11.4 Å². The van der Waals surface area contributed by atoms with Crippen molar-refractivity contribution < 1.29 is 9.53 Å². The number of methoxy groups -OCH3 is 1. The molecule has 0 aliphatic rings. The lowest BCUT2D eigenvalue weighted by molar-refractivity contribution is 0.0949. The van der Waals surface area contributed by atoms with E-state index in [1.807, 2.05) is 31.2 Å². The van der Waals surface area contributed by atoms with E-state index in [0.717, 1.165) is 17.5 Å². The summed E-state index contributed by atoms with van der Waals surface area (Å²) in [4.78, 5) is 20.5. The van der Waals surface area contributed by atoms with E-state index < -0.39 is 0 Å². The van der Waals surface area contributed by atoms with E-state index in [1.165, 1.54) is 6.20 Å². The Balaban J connectivity index is 2.11. The number of carbonyl (C=O) groups is 1. The minimum absolute atomic E-state index is 0.177. The number of aromatic nitrogens is 2. The minimum Gasteiger partial charge on any atom is -0.385 e. The molecular weight excluding hydrogens is 280 g/mol. The van der Waals surface area contributed by atoms with E-state index in [9.17, 15) is 4.79 Å². The Labute approximate surface area is 129 Å². The number of nitrogens with one attached hydrogen (secondary N) is 1. The number of amides is 1. The SMILES string of the molecule is COCCCNC(=O)c1cnc(-c2cccc(C)c2)nc1N. The number of benzene rings is 1. The fourth-order valence-corrected chi connectivity index (χ4v) is 2.01. The number of hydrogen-bond donors (Lipinski definition) is 2. The maximum atomic E-state index is 12.0. The molecule has 1 aromatic heterocycles. The molecule has 6 heteroatoms. The molecule has 0 radical (unpaired) electrons. The van der Waals surface area contributed by atoms with Crippen LogP contribution in [0.15, 0.2) is 30.5 Å². The highest BCUT2D eigenvalue weighted by atomic mass is 16.5. The lowest BCUT2D eigenvalue weighted by Crippen LogP contribution is -2.26. The molecular formula is C16H20N4O2. The highest BCUT2D eigenvalue weighted by Gasteiger charge is 2.13. The summed E-state index contributed by atoms with van der Waals surface area (Å²) < 4.78 is 4.93. The molecule has 1 heterocycles. The maximum absolute atomic E-state index is 12.0. The van der Waals surface area contributed by atoms with E-state index in [1.54, 1.807) is 7.11 Å². The van der Waals surface area contributed by atoms with Crippen molar-refractivity contribution in [1.29, 1.82) is 0 Å². The molecule has 0 fully saturated rings. The molecule has 0 spiro atoms. The van der Waals surface area contributed by atoms with Crippen molar-refractivity contribution in [3.05, 3.63) is 41.6 Å². The zero-order valence-corrected chi connectivity index (χ0v) is 12.8. The van der Waals surface area contributed by atoms with Gasteiger partial charge in [-0.3, -0.25) is 4.79 Å². The van der Waals surface area contributed by atoms with Gasteiger partial charge in [0.25, 0.3) is 5.91 Å². The second kappa shape index (κ2) is 7.51. The molecule has 1 aromatic carbocycles. The van der Waals surface area contributed by atoms with Gasteiger partial charge in [-0.1, -0.05) is 23.8 Å². The van der Waals surface area contributed by atoms with Gasteiger partial charge in [0, 0.05) is 32.0 Å². The number of anilines is 1. The van der Waals surface area contributed by atoms with Crippen LogP contribution in [0.5, 0.6) is 0 Å². The third-order valence-corrected chi connectivity index (χ3v) is 3.15. The molecule has 0 saturated heterocycles. The summed E-state index contributed by atoms with van der Waals surface area (Å²) in [5.41, 5.74) is 8.16. The fourth-order valence-electron chi connectivity index (χ4n) is 2.01. The third-order valence-electron chi connectivity index (χ3n) is 3.15. The zero-order chi connectivity index (χ0) is 15.9. The Bertz CT molecular complexity index is 658. The van der Waals surface area contributed by atoms with Crippen LogP contribution in [0.2, 0.25) is 0 Å². The van der Waals surface area contributed by atoms with Crippen molar-refractivity contribution in [3.63, 3.8) is 0 Å². The summed E-state index contributed by atoms with van der Waals surface area (Å²) in [5.74, 6) is 0.414.